The first-order valence-electron chi connectivity index (χ1n) is 5.99. The molecule has 2 aromatic rings. The predicted octanol–water partition coefficient (Wildman–Crippen LogP) is 3.30. The van der Waals surface area contributed by atoms with Crippen LogP contribution in [0.1, 0.15) is 29.0 Å². The molecule has 0 amide bonds. The van der Waals surface area contributed by atoms with Gasteiger partial charge in [-0.2, -0.15) is 0 Å². The van der Waals surface area contributed by atoms with Gasteiger partial charge in [-0.1, -0.05) is 28.1 Å². The van der Waals surface area contributed by atoms with Gasteiger partial charge in [-0.3, -0.25) is 0 Å². The Hall–Kier alpha value is -2.08. The molecule has 1 heterocycles. The monoisotopic (exact) mass is 335 g/mol. The van der Waals surface area contributed by atoms with Gasteiger partial charge in [0.1, 0.15) is 0 Å². The zero-order chi connectivity index (χ0) is 14.7. The topological polar surface area (TPSA) is 88.2 Å². The van der Waals surface area contributed by atoms with Gasteiger partial charge in [-0.05, 0) is 36.8 Å². The number of hydrogen-bond donors (Lipinski definition) is 3. The number of aromatic carboxylic acids is 1. The maximum Gasteiger partial charge on any atom is 0.354 e. The Balaban J connectivity index is 2.22. The number of benzene rings is 1. The average Bonchev–Trinajstić information content (AvgIpc) is 2.41. The van der Waals surface area contributed by atoms with E-state index in [4.69, 9.17) is 10.8 Å². The molecule has 5 nitrogen and oxygen atoms in total. The van der Waals surface area contributed by atoms with E-state index < -0.39 is 5.97 Å². The number of nitrogen functional groups attached to an aromatic ring is 1. The van der Waals surface area contributed by atoms with E-state index in [1.54, 1.807) is 0 Å². The van der Waals surface area contributed by atoms with E-state index >= 15 is 0 Å². The average molecular weight is 336 g/mol. The second kappa shape index (κ2) is 5.92. The Morgan fingerprint density at radius 1 is 1.30 bits per heavy atom. The van der Waals surface area contributed by atoms with Crippen molar-refractivity contribution in [3.05, 3.63) is 52.1 Å². The highest BCUT2D eigenvalue weighted by Crippen LogP contribution is 2.23. The third kappa shape index (κ3) is 3.27. The van der Waals surface area contributed by atoms with E-state index in [9.17, 15) is 4.79 Å². The number of halogens is 1. The smallest absolute Gasteiger partial charge is 0.354 e. The molecule has 0 aliphatic rings. The first-order chi connectivity index (χ1) is 9.47. The fourth-order valence-corrected chi connectivity index (χ4v) is 2.01. The van der Waals surface area contributed by atoms with Crippen LogP contribution in [0.5, 0.6) is 0 Å². The minimum absolute atomic E-state index is 0.0373. The summed E-state index contributed by atoms with van der Waals surface area (Å²) >= 11 is 3.38. The summed E-state index contributed by atoms with van der Waals surface area (Å²) in [7, 11) is 0. The second-order valence-corrected chi connectivity index (χ2v) is 5.27. The lowest BCUT2D eigenvalue weighted by molar-refractivity contribution is 0.0690. The summed E-state index contributed by atoms with van der Waals surface area (Å²) in [6.45, 7) is 1.96. The number of nitrogens with zero attached hydrogens (tertiary/aromatic N) is 1. The van der Waals surface area contributed by atoms with Crippen LogP contribution < -0.4 is 11.1 Å². The van der Waals surface area contributed by atoms with Crippen molar-refractivity contribution in [3.8, 4) is 0 Å². The van der Waals surface area contributed by atoms with Crippen molar-refractivity contribution in [2.24, 2.45) is 0 Å². The van der Waals surface area contributed by atoms with Crippen molar-refractivity contribution >= 4 is 33.4 Å². The third-order valence-corrected chi connectivity index (χ3v) is 3.40. The molecular formula is C14H14BrN3O2. The Kier molecular flexibility index (Phi) is 4.24. The molecule has 6 heteroatoms. The molecule has 4 N–H and O–H groups in total. The van der Waals surface area contributed by atoms with Crippen LogP contribution in [0.25, 0.3) is 0 Å². The summed E-state index contributed by atoms with van der Waals surface area (Å²) in [6, 6.07) is 10.7. The van der Waals surface area contributed by atoms with Crippen molar-refractivity contribution in [1.82, 2.24) is 4.98 Å². The van der Waals surface area contributed by atoms with Crippen molar-refractivity contribution in [2.45, 2.75) is 13.0 Å². The molecule has 0 spiro atoms. The van der Waals surface area contributed by atoms with E-state index in [-0.39, 0.29) is 11.7 Å². The van der Waals surface area contributed by atoms with Gasteiger partial charge in [0, 0.05) is 4.47 Å². The molecule has 1 unspecified atom stereocenters. The molecular weight excluding hydrogens is 322 g/mol. The number of carbonyl (C=O) groups is 1. The highest BCUT2D eigenvalue weighted by molar-refractivity contribution is 9.10. The van der Waals surface area contributed by atoms with Gasteiger partial charge < -0.3 is 16.2 Å². The Labute approximate surface area is 125 Å². The summed E-state index contributed by atoms with van der Waals surface area (Å²) in [5.74, 6) is -0.704. The van der Waals surface area contributed by atoms with Crippen LogP contribution in [0.3, 0.4) is 0 Å². The number of rotatable bonds is 4. The summed E-state index contributed by atoms with van der Waals surface area (Å²) < 4.78 is 0.999. The molecule has 0 saturated heterocycles. The van der Waals surface area contributed by atoms with Gasteiger partial charge in [0.2, 0.25) is 0 Å². The van der Waals surface area contributed by atoms with E-state index in [1.807, 2.05) is 31.2 Å². The van der Waals surface area contributed by atoms with Crippen LogP contribution in [0.4, 0.5) is 11.5 Å². The van der Waals surface area contributed by atoms with Gasteiger partial charge in [-0.15, -0.1) is 0 Å². The van der Waals surface area contributed by atoms with Crippen LogP contribution in [-0.4, -0.2) is 16.1 Å². The molecule has 0 bridgehead atoms. The quantitative estimate of drug-likeness (QED) is 0.797. The molecule has 1 aromatic carbocycles. The largest absolute Gasteiger partial charge is 0.477 e. The normalized spacial score (nSPS) is 11.9. The number of carboxylic acid groups (broad SMARTS) is 1. The van der Waals surface area contributed by atoms with E-state index in [2.05, 4.69) is 26.2 Å². The van der Waals surface area contributed by atoms with E-state index in [1.165, 1.54) is 12.1 Å². The summed E-state index contributed by atoms with van der Waals surface area (Å²) in [5, 5.41) is 12.1. The Morgan fingerprint density at radius 2 is 1.95 bits per heavy atom. The minimum atomic E-state index is -1.08. The van der Waals surface area contributed by atoms with Gasteiger partial charge in [0.15, 0.2) is 11.5 Å². The molecule has 0 fully saturated rings. The number of anilines is 2. The van der Waals surface area contributed by atoms with Gasteiger partial charge in [0.05, 0.1) is 11.7 Å². The SMILES string of the molecule is CC(Nc1nc(C(=O)O)ccc1N)c1ccc(Br)cc1. The lowest BCUT2D eigenvalue weighted by atomic mass is 10.1. The second-order valence-electron chi connectivity index (χ2n) is 4.36. The molecule has 2 rings (SSSR count). The van der Waals surface area contributed by atoms with Crippen LogP contribution in [0.2, 0.25) is 0 Å². The number of nitrogens with two attached hydrogens (primary N) is 1. The zero-order valence-corrected chi connectivity index (χ0v) is 12.4. The van der Waals surface area contributed by atoms with Crippen LogP contribution in [0, 0.1) is 0 Å². The highest BCUT2D eigenvalue weighted by atomic mass is 79.9. The molecule has 20 heavy (non-hydrogen) atoms. The minimum Gasteiger partial charge on any atom is -0.477 e. The van der Waals surface area contributed by atoms with Crippen LogP contribution in [0.15, 0.2) is 40.9 Å². The number of nitrogens with one attached hydrogen (secondary N) is 1. The third-order valence-electron chi connectivity index (χ3n) is 2.87. The lowest BCUT2D eigenvalue weighted by Crippen LogP contribution is -2.12. The Morgan fingerprint density at radius 3 is 2.55 bits per heavy atom. The van der Waals surface area contributed by atoms with Crippen molar-refractivity contribution in [2.75, 3.05) is 11.1 Å². The maximum absolute atomic E-state index is 10.9. The number of pyridine rings is 1. The van der Waals surface area contributed by atoms with Crippen molar-refractivity contribution < 1.29 is 9.90 Å². The molecule has 0 aliphatic heterocycles. The number of carboxylic acids is 1. The van der Waals surface area contributed by atoms with Gasteiger partial charge in [-0.25, -0.2) is 9.78 Å². The molecule has 0 radical (unpaired) electrons. The first kappa shape index (κ1) is 14.3. The van der Waals surface area contributed by atoms with Gasteiger partial charge in [0.25, 0.3) is 0 Å². The van der Waals surface area contributed by atoms with Crippen molar-refractivity contribution in [1.29, 1.82) is 0 Å². The standard InChI is InChI=1S/C14H14BrN3O2/c1-8(9-2-4-10(15)5-3-9)17-13-11(16)6-7-12(18-13)14(19)20/h2-8H,16H2,1H3,(H,17,18)(H,19,20). The number of hydrogen-bond acceptors (Lipinski definition) is 4. The van der Waals surface area contributed by atoms with Crippen LogP contribution >= 0.6 is 15.9 Å². The predicted molar refractivity (Wildman–Crippen MR) is 81.8 cm³/mol. The highest BCUT2D eigenvalue weighted by Gasteiger charge is 2.12. The van der Waals surface area contributed by atoms with Gasteiger partial charge >= 0.3 is 5.97 Å². The molecule has 104 valence electrons. The van der Waals surface area contributed by atoms with E-state index in [0.29, 0.717) is 11.5 Å². The molecule has 1 aromatic heterocycles. The fourth-order valence-electron chi connectivity index (χ4n) is 1.74. The zero-order valence-electron chi connectivity index (χ0n) is 10.8. The van der Waals surface area contributed by atoms with Crippen LogP contribution in [-0.2, 0) is 0 Å². The molecule has 0 aliphatic carbocycles. The fraction of sp³-hybridized carbons (Fsp3) is 0.143. The molecule has 1 atom stereocenters. The van der Waals surface area contributed by atoms with E-state index in [0.717, 1.165) is 10.0 Å². The maximum atomic E-state index is 10.9. The molecule has 0 saturated carbocycles. The summed E-state index contributed by atoms with van der Waals surface area (Å²) in [6.07, 6.45) is 0. The van der Waals surface area contributed by atoms with Crippen molar-refractivity contribution in [3.63, 3.8) is 0 Å². The number of aromatic nitrogens is 1. The summed E-state index contributed by atoms with van der Waals surface area (Å²) in [5.41, 5.74) is 7.24. The lowest BCUT2D eigenvalue weighted by Gasteiger charge is -2.16. The summed E-state index contributed by atoms with van der Waals surface area (Å²) in [4.78, 5) is 14.9. The first-order valence-corrected chi connectivity index (χ1v) is 6.78. The Bertz CT molecular complexity index is 629.